The molecule has 6 nitrogen and oxygen atoms in total. The number of nitrogens with one attached hydrogen (secondary N) is 1. The monoisotopic (exact) mass is 346 g/mol. The van der Waals surface area contributed by atoms with Crippen LogP contribution < -0.4 is 5.32 Å². The van der Waals surface area contributed by atoms with Crippen LogP contribution in [-0.4, -0.2) is 57.2 Å². The normalized spacial score (nSPS) is 22.0. The van der Waals surface area contributed by atoms with Gasteiger partial charge in [0, 0.05) is 38.3 Å². The summed E-state index contributed by atoms with van der Waals surface area (Å²) in [6, 6.07) is 0.0903. The lowest BCUT2D eigenvalue weighted by atomic mass is 9.99. The fraction of sp³-hybridized carbons (Fsp3) is 0.938. The average molecular weight is 346 g/mol. The third kappa shape index (κ3) is 6.04. The van der Waals surface area contributed by atoms with E-state index in [9.17, 15) is 13.2 Å². The summed E-state index contributed by atoms with van der Waals surface area (Å²) in [5.74, 6) is 0.0379. The van der Waals surface area contributed by atoms with Gasteiger partial charge < -0.3 is 10.1 Å². The molecule has 0 atom stereocenters. The van der Waals surface area contributed by atoms with Gasteiger partial charge in [-0.05, 0) is 25.7 Å². The maximum Gasteiger partial charge on any atom is 0.223 e. The van der Waals surface area contributed by atoms with Gasteiger partial charge in [0.25, 0.3) is 0 Å². The smallest absolute Gasteiger partial charge is 0.223 e. The summed E-state index contributed by atoms with van der Waals surface area (Å²) in [6.45, 7) is 2.03. The Morgan fingerprint density at radius 3 is 2.26 bits per heavy atom. The molecule has 0 unspecified atom stereocenters. The molecule has 0 aromatic rings. The van der Waals surface area contributed by atoms with Crippen molar-refractivity contribution in [3.63, 3.8) is 0 Å². The number of nitrogens with zero attached hydrogens (tertiary/aromatic N) is 1. The third-order valence-corrected chi connectivity index (χ3v) is 6.21. The van der Waals surface area contributed by atoms with E-state index in [1.54, 1.807) is 4.31 Å². The van der Waals surface area contributed by atoms with Crippen LogP contribution in [0.15, 0.2) is 0 Å². The first-order valence-corrected chi connectivity index (χ1v) is 10.7. The first-order chi connectivity index (χ1) is 11.0. The first kappa shape index (κ1) is 18.7. The lowest BCUT2D eigenvalue weighted by Crippen LogP contribution is -2.45. The van der Waals surface area contributed by atoms with Crippen LogP contribution in [0.4, 0.5) is 0 Å². The van der Waals surface area contributed by atoms with Crippen molar-refractivity contribution in [3.8, 4) is 0 Å². The van der Waals surface area contributed by atoms with Gasteiger partial charge in [-0.3, -0.25) is 4.79 Å². The summed E-state index contributed by atoms with van der Waals surface area (Å²) < 4.78 is 31.1. The van der Waals surface area contributed by atoms with Gasteiger partial charge in [0.2, 0.25) is 15.9 Å². The maximum absolute atomic E-state index is 12.1. The summed E-state index contributed by atoms with van der Waals surface area (Å²) in [7, 11) is -3.24. The molecule has 134 valence electrons. The van der Waals surface area contributed by atoms with Crippen LogP contribution in [0, 0.1) is 5.92 Å². The molecule has 0 aromatic carbocycles. The second-order valence-electron chi connectivity index (χ2n) is 6.70. The molecule has 1 N–H and O–H groups in total. The second kappa shape index (κ2) is 8.99. The molecular formula is C16H30N2O4S. The fourth-order valence-corrected chi connectivity index (χ4v) is 4.73. The van der Waals surface area contributed by atoms with Crippen molar-refractivity contribution >= 4 is 15.9 Å². The summed E-state index contributed by atoms with van der Waals surface area (Å²) in [5.41, 5.74) is 0. The van der Waals surface area contributed by atoms with E-state index in [-0.39, 0.29) is 17.9 Å². The lowest BCUT2D eigenvalue weighted by molar-refractivity contribution is -0.127. The quantitative estimate of drug-likeness (QED) is 0.740. The zero-order valence-corrected chi connectivity index (χ0v) is 14.9. The predicted molar refractivity (Wildman–Crippen MR) is 89.6 cm³/mol. The Hall–Kier alpha value is -0.660. The highest BCUT2D eigenvalue weighted by Crippen LogP contribution is 2.23. The van der Waals surface area contributed by atoms with E-state index in [0.717, 1.165) is 38.5 Å². The Bertz CT molecular complexity index is 466. The van der Waals surface area contributed by atoms with Gasteiger partial charge in [-0.25, -0.2) is 8.42 Å². The van der Waals surface area contributed by atoms with Gasteiger partial charge in [-0.15, -0.1) is 0 Å². The lowest BCUT2D eigenvalue weighted by Gasteiger charge is -2.29. The number of hydrogen-bond donors (Lipinski definition) is 1. The topological polar surface area (TPSA) is 75.7 Å². The van der Waals surface area contributed by atoms with Gasteiger partial charge in [0.1, 0.15) is 0 Å². The fourth-order valence-electron chi connectivity index (χ4n) is 3.56. The number of hydrogen-bond acceptors (Lipinski definition) is 4. The molecule has 0 spiro atoms. The molecule has 23 heavy (non-hydrogen) atoms. The van der Waals surface area contributed by atoms with Crippen LogP contribution in [0.3, 0.4) is 0 Å². The van der Waals surface area contributed by atoms with Crippen molar-refractivity contribution in [2.75, 3.05) is 32.6 Å². The third-order valence-electron chi connectivity index (χ3n) is 4.88. The van der Waals surface area contributed by atoms with Crippen LogP contribution in [0.25, 0.3) is 0 Å². The molecule has 2 fully saturated rings. The van der Waals surface area contributed by atoms with Crippen molar-refractivity contribution in [2.45, 2.75) is 57.4 Å². The highest BCUT2D eigenvalue weighted by Gasteiger charge is 2.27. The second-order valence-corrected chi connectivity index (χ2v) is 8.63. The Balaban J connectivity index is 1.84. The molecular weight excluding hydrogens is 316 g/mol. The molecule has 1 aliphatic carbocycles. The van der Waals surface area contributed by atoms with Crippen molar-refractivity contribution in [3.05, 3.63) is 0 Å². The Kier molecular flexibility index (Phi) is 7.30. The number of carbonyl (C=O) groups excluding carboxylic acids is 1. The van der Waals surface area contributed by atoms with Crippen molar-refractivity contribution in [1.82, 2.24) is 9.62 Å². The highest BCUT2D eigenvalue weighted by molar-refractivity contribution is 7.88. The van der Waals surface area contributed by atoms with Crippen molar-refractivity contribution < 1.29 is 17.9 Å². The van der Waals surface area contributed by atoms with Crippen LogP contribution in [0.5, 0.6) is 0 Å². The SMILES string of the molecule is CS(=O)(=O)N(CCNC(=O)C1CCOCC1)C1CCCCCC1. The zero-order valence-electron chi connectivity index (χ0n) is 14.1. The largest absolute Gasteiger partial charge is 0.381 e. The standard InChI is InChI=1S/C16H30N2O4S/c1-23(20,21)18(15-6-4-2-3-5-7-15)11-10-17-16(19)14-8-12-22-13-9-14/h14-15H,2-13H2,1H3,(H,17,19). The van der Waals surface area contributed by atoms with Crippen LogP contribution >= 0.6 is 0 Å². The Morgan fingerprint density at radius 1 is 1.09 bits per heavy atom. The maximum atomic E-state index is 12.1. The molecule has 1 saturated carbocycles. The average Bonchev–Trinajstić information content (AvgIpc) is 2.80. The minimum atomic E-state index is -3.24. The molecule has 0 aromatic heterocycles. The first-order valence-electron chi connectivity index (χ1n) is 8.81. The van der Waals surface area contributed by atoms with E-state index < -0.39 is 10.0 Å². The number of rotatable bonds is 6. The van der Waals surface area contributed by atoms with Crippen molar-refractivity contribution in [2.24, 2.45) is 5.92 Å². The van der Waals surface area contributed by atoms with Crippen LogP contribution in [-0.2, 0) is 19.6 Å². The minimum Gasteiger partial charge on any atom is -0.381 e. The van der Waals surface area contributed by atoms with E-state index in [1.807, 2.05) is 0 Å². The molecule has 1 aliphatic heterocycles. The molecule has 0 bridgehead atoms. The van der Waals surface area contributed by atoms with Gasteiger partial charge in [0.05, 0.1) is 6.26 Å². The van der Waals surface area contributed by atoms with E-state index in [1.165, 1.54) is 19.1 Å². The van der Waals surface area contributed by atoms with Gasteiger partial charge in [-0.2, -0.15) is 4.31 Å². The van der Waals surface area contributed by atoms with Gasteiger partial charge in [-0.1, -0.05) is 25.7 Å². The molecule has 1 amide bonds. The summed E-state index contributed by atoms with van der Waals surface area (Å²) >= 11 is 0. The van der Waals surface area contributed by atoms with Gasteiger partial charge in [0.15, 0.2) is 0 Å². The molecule has 0 radical (unpaired) electrons. The van der Waals surface area contributed by atoms with Crippen LogP contribution in [0.1, 0.15) is 51.4 Å². The van der Waals surface area contributed by atoms with E-state index in [2.05, 4.69) is 5.32 Å². The van der Waals surface area contributed by atoms with E-state index in [0.29, 0.717) is 26.3 Å². The highest BCUT2D eigenvalue weighted by atomic mass is 32.2. The number of ether oxygens (including phenoxy) is 1. The summed E-state index contributed by atoms with van der Waals surface area (Å²) in [5, 5.41) is 2.91. The molecule has 2 rings (SSSR count). The van der Waals surface area contributed by atoms with Gasteiger partial charge >= 0.3 is 0 Å². The zero-order chi connectivity index (χ0) is 16.7. The molecule has 2 aliphatic rings. The van der Waals surface area contributed by atoms with E-state index in [4.69, 9.17) is 4.74 Å². The molecule has 7 heteroatoms. The Labute approximate surface area is 140 Å². The number of amides is 1. The minimum absolute atomic E-state index is 0.00770. The van der Waals surface area contributed by atoms with Crippen LogP contribution in [0.2, 0.25) is 0 Å². The number of sulfonamides is 1. The Morgan fingerprint density at radius 2 is 1.70 bits per heavy atom. The van der Waals surface area contributed by atoms with Crippen molar-refractivity contribution in [1.29, 1.82) is 0 Å². The predicted octanol–water partition coefficient (Wildman–Crippen LogP) is 1.51. The summed E-state index contributed by atoms with van der Waals surface area (Å²) in [4.78, 5) is 12.1. The summed E-state index contributed by atoms with van der Waals surface area (Å²) in [6.07, 6.45) is 9.20. The number of carbonyl (C=O) groups is 1. The van der Waals surface area contributed by atoms with E-state index >= 15 is 0 Å². The molecule has 1 saturated heterocycles. The molecule has 1 heterocycles.